The molecule has 0 aromatic heterocycles. The summed E-state index contributed by atoms with van der Waals surface area (Å²) in [6.45, 7) is 2.87. The second-order valence-corrected chi connectivity index (χ2v) is 7.50. The van der Waals surface area contributed by atoms with E-state index in [1.54, 1.807) is 0 Å². The molecule has 0 unspecified atom stereocenters. The maximum Gasteiger partial charge on any atom is 0.320 e. The van der Waals surface area contributed by atoms with Crippen LogP contribution in [0.25, 0.3) is 0 Å². The molecule has 1 aliphatic carbocycles. The van der Waals surface area contributed by atoms with E-state index in [0.717, 1.165) is 30.4 Å². The van der Waals surface area contributed by atoms with Crippen molar-refractivity contribution in [1.29, 1.82) is 0 Å². The monoisotopic (exact) mass is 391 g/mol. The molecule has 0 saturated heterocycles. The number of hydrogen-bond acceptors (Lipinski definition) is 4. The zero-order chi connectivity index (χ0) is 20.5. The van der Waals surface area contributed by atoms with Gasteiger partial charge in [0.25, 0.3) is 0 Å². The lowest BCUT2D eigenvalue weighted by atomic mass is 9.79. The molecule has 4 heteroatoms. The van der Waals surface area contributed by atoms with Gasteiger partial charge in [0.2, 0.25) is 0 Å². The van der Waals surface area contributed by atoms with Crippen LogP contribution >= 0.6 is 0 Å². The van der Waals surface area contributed by atoms with Gasteiger partial charge in [-0.3, -0.25) is 9.69 Å². The largest absolute Gasteiger partial charge is 0.465 e. The first-order valence-electron chi connectivity index (χ1n) is 10.3. The molecule has 152 valence electrons. The zero-order valence-corrected chi connectivity index (χ0v) is 17.0. The SMILES string of the molecule is CCOC(=O)CN(Cc1ccccc1)[C@H]1CCCC[C@@]1(O)C#Cc1ccccc1. The van der Waals surface area contributed by atoms with E-state index < -0.39 is 5.60 Å². The molecule has 0 heterocycles. The first-order valence-corrected chi connectivity index (χ1v) is 10.3. The highest BCUT2D eigenvalue weighted by Gasteiger charge is 2.41. The van der Waals surface area contributed by atoms with Crippen LogP contribution in [-0.2, 0) is 16.1 Å². The number of esters is 1. The first-order chi connectivity index (χ1) is 14.1. The van der Waals surface area contributed by atoms with Crippen LogP contribution in [0.1, 0.15) is 43.7 Å². The number of carbonyl (C=O) groups is 1. The minimum absolute atomic E-state index is 0.142. The highest BCUT2D eigenvalue weighted by Crippen LogP contribution is 2.33. The van der Waals surface area contributed by atoms with Crippen molar-refractivity contribution in [1.82, 2.24) is 4.90 Å². The van der Waals surface area contributed by atoms with E-state index in [0.29, 0.717) is 19.6 Å². The molecule has 3 rings (SSSR count). The number of hydrogen-bond donors (Lipinski definition) is 1. The summed E-state index contributed by atoms with van der Waals surface area (Å²) in [6, 6.07) is 19.5. The lowest BCUT2D eigenvalue weighted by Crippen LogP contribution is -2.55. The van der Waals surface area contributed by atoms with Crippen molar-refractivity contribution >= 4 is 5.97 Å². The number of rotatable bonds is 6. The van der Waals surface area contributed by atoms with Gasteiger partial charge in [0.15, 0.2) is 0 Å². The van der Waals surface area contributed by atoms with Crippen LogP contribution in [0.4, 0.5) is 0 Å². The molecule has 1 N–H and O–H groups in total. The molecule has 4 nitrogen and oxygen atoms in total. The van der Waals surface area contributed by atoms with Gasteiger partial charge in [0, 0.05) is 12.1 Å². The number of benzene rings is 2. The van der Waals surface area contributed by atoms with Crippen molar-refractivity contribution in [2.75, 3.05) is 13.2 Å². The fourth-order valence-electron chi connectivity index (χ4n) is 3.94. The highest BCUT2D eigenvalue weighted by molar-refractivity contribution is 5.71. The molecule has 2 aromatic carbocycles. The van der Waals surface area contributed by atoms with E-state index in [2.05, 4.69) is 11.8 Å². The van der Waals surface area contributed by atoms with Crippen LogP contribution < -0.4 is 0 Å². The third-order valence-corrected chi connectivity index (χ3v) is 5.34. The summed E-state index contributed by atoms with van der Waals surface area (Å²) >= 11 is 0. The molecule has 2 aromatic rings. The fourth-order valence-corrected chi connectivity index (χ4v) is 3.94. The standard InChI is InChI=1S/C25H29NO3/c1-2-29-24(27)20-26(19-22-13-7-4-8-14-22)23-15-9-10-17-25(23,28)18-16-21-11-5-3-6-12-21/h3-8,11-14,23,28H,2,9-10,15,17,19-20H2,1H3/t23-,25+/m0/s1. The molecule has 0 radical (unpaired) electrons. The Morgan fingerprint density at radius 3 is 2.52 bits per heavy atom. The van der Waals surface area contributed by atoms with Crippen LogP contribution in [-0.4, -0.2) is 40.8 Å². The smallest absolute Gasteiger partial charge is 0.320 e. The van der Waals surface area contributed by atoms with Gasteiger partial charge < -0.3 is 9.84 Å². The number of ether oxygens (including phenoxy) is 1. The summed E-state index contributed by atoms with van der Waals surface area (Å²) < 4.78 is 5.20. The molecular formula is C25H29NO3. The van der Waals surface area contributed by atoms with Crippen molar-refractivity contribution in [3.05, 3.63) is 71.8 Å². The predicted molar refractivity (Wildman–Crippen MR) is 114 cm³/mol. The Kier molecular flexibility index (Phi) is 7.46. The number of nitrogens with zero attached hydrogens (tertiary/aromatic N) is 1. The average Bonchev–Trinajstić information content (AvgIpc) is 2.74. The highest BCUT2D eigenvalue weighted by atomic mass is 16.5. The Labute approximate surface area is 173 Å². The van der Waals surface area contributed by atoms with Crippen molar-refractivity contribution < 1.29 is 14.6 Å². The third kappa shape index (κ3) is 5.93. The van der Waals surface area contributed by atoms with E-state index >= 15 is 0 Å². The number of aliphatic hydroxyl groups is 1. The molecule has 2 atom stereocenters. The molecule has 1 fully saturated rings. The predicted octanol–water partition coefficient (Wildman–Crippen LogP) is 3.78. The second-order valence-electron chi connectivity index (χ2n) is 7.50. The Morgan fingerprint density at radius 2 is 1.83 bits per heavy atom. The molecule has 0 aliphatic heterocycles. The lowest BCUT2D eigenvalue weighted by Gasteiger charge is -2.42. The van der Waals surface area contributed by atoms with Gasteiger partial charge in [-0.05, 0) is 43.9 Å². The van der Waals surface area contributed by atoms with E-state index in [1.165, 1.54) is 0 Å². The minimum Gasteiger partial charge on any atom is -0.465 e. The van der Waals surface area contributed by atoms with Crippen molar-refractivity contribution in [3.63, 3.8) is 0 Å². The van der Waals surface area contributed by atoms with Gasteiger partial charge >= 0.3 is 5.97 Å². The lowest BCUT2D eigenvalue weighted by molar-refractivity contribution is -0.147. The summed E-state index contributed by atoms with van der Waals surface area (Å²) in [5.41, 5.74) is 0.820. The van der Waals surface area contributed by atoms with E-state index in [-0.39, 0.29) is 18.6 Å². The normalized spacial score (nSPS) is 21.3. The topological polar surface area (TPSA) is 49.8 Å². The number of carbonyl (C=O) groups excluding carboxylic acids is 1. The Hall–Kier alpha value is -2.61. The molecular weight excluding hydrogens is 362 g/mol. The van der Waals surface area contributed by atoms with Crippen LogP contribution in [0, 0.1) is 11.8 Å². The summed E-state index contributed by atoms with van der Waals surface area (Å²) in [5, 5.41) is 11.5. The summed E-state index contributed by atoms with van der Waals surface area (Å²) in [5.74, 6) is 6.02. The average molecular weight is 392 g/mol. The quantitative estimate of drug-likeness (QED) is 0.601. The summed E-state index contributed by atoms with van der Waals surface area (Å²) in [4.78, 5) is 14.3. The van der Waals surface area contributed by atoms with Gasteiger partial charge in [0.05, 0.1) is 19.2 Å². The molecule has 29 heavy (non-hydrogen) atoms. The Balaban J connectivity index is 1.87. The molecule has 1 aliphatic rings. The minimum atomic E-state index is -1.16. The van der Waals surface area contributed by atoms with Crippen molar-refractivity contribution in [3.8, 4) is 11.8 Å². The Bertz CT molecular complexity index is 841. The van der Waals surface area contributed by atoms with Gasteiger partial charge in [-0.15, -0.1) is 0 Å². The maximum atomic E-state index is 12.3. The van der Waals surface area contributed by atoms with Gasteiger partial charge in [-0.2, -0.15) is 0 Å². The fraction of sp³-hybridized carbons (Fsp3) is 0.400. The first kappa shape index (κ1) is 21.1. The molecule has 0 amide bonds. The molecule has 0 spiro atoms. The van der Waals surface area contributed by atoms with Crippen molar-refractivity contribution in [2.24, 2.45) is 0 Å². The van der Waals surface area contributed by atoms with Gasteiger partial charge in [-0.1, -0.05) is 66.8 Å². The van der Waals surface area contributed by atoms with Gasteiger partial charge in [-0.25, -0.2) is 0 Å². The Morgan fingerprint density at radius 1 is 1.14 bits per heavy atom. The second kappa shape index (κ2) is 10.2. The van der Waals surface area contributed by atoms with Crippen LogP contribution in [0.2, 0.25) is 0 Å². The van der Waals surface area contributed by atoms with E-state index in [9.17, 15) is 9.90 Å². The summed E-state index contributed by atoms with van der Waals surface area (Å²) in [7, 11) is 0. The summed E-state index contributed by atoms with van der Waals surface area (Å²) in [6.07, 6.45) is 3.33. The third-order valence-electron chi connectivity index (χ3n) is 5.34. The van der Waals surface area contributed by atoms with Gasteiger partial charge in [0.1, 0.15) is 5.60 Å². The van der Waals surface area contributed by atoms with Crippen molar-refractivity contribution in [2.45, 2.75) is 50.8 Å². The van der Waals surface area contributed by atoms with Crippen LogP contribution in [0.15, 0.2) is 60.7 Å². The van der Waals surface area contributed by atoms with Crippen LogP contribution in [0.5, 0.6) is 0 Å². The van der Waals surface area contributed by atoms with E-state index in [1.807, 2.05) is 72.5 Å². The van der Waals surface area contributed by atoms with Crippen LogP contribution in [0.3, 0.4) is 0 Å². The molecule has 0 bridgehead atoms. The zero-order valence-electron chi connectivity index (χ0n) is 17.0. The maximum absolute atomic E-state index is 12.3. The molecule has 1 saturated carbocycles. The van der Waals surface area contributed by atoms with E-state index in [4.69, 9.17) is 4.74 Å².